The van der Waals surface area contributed by atoms with Gasteiger partial charge in [0.1, 0.15) is 101 Å². The van der Waals surface area contributed by atoms with Gasteiger partial charge in [0.2, 0.25) is 13.6 Å². The van der Waals surface area contributed by atoms with E-state index in [9.17, 15) is 53.1 Å². The van der Waals surface area contributed by atoms with Gasteiger partial charge in [0.05, 0.1) is 74.6 Å². The van der Waals surface area contributed by atoms with Crippen LogP contribution in [0.1, 0.15) is 116 Å². The summed E-state index contributed by atoms with van der Waals surface area (Å²) in [6.45, 7) is 25.6. The lowest BCUT2D eigenvalue weighted by atomic mass is 10.1. The van der Waals surface area contributed by atoms with E-state index in [1.54, 1.807) is 104 Å². The highest BCUT2D eigenvalue weighted by atomic mass is 17.2. The van der Waals surface area contributed by atoms with Gasteiger partial charge >= 0.3 is 60.1 Å². The minimum absolute atomic E-state index is 0.000471. The predicted molar refractivity (Wildman–Crippen MR) is 505 cm³/mol. The fourth-order valence-electron chi connectivity index (χ4n) is 11.4. The van der Waals surface area contributed by atoms with Crippen LogP contribution in [-0.2, 0) is 67.1 Å². The zero-order chi connectivity index (χ0) is 100. The second-order valence-corrected chi connectivity index (χ2v) is 28.7. The molecule has 10 aromatic rings. The summed E-state index contributed by atoms with van der Waals surface area (Å²) in [6, 6.07) is 59.1. The Morgan fingerprint density at radius 1 is 0.293 bits per heavy atom. The fraction of sp³-hybridized carbons (Fsp3) is 0.226. The molecule has 1 atom stereocenters. The molecule has 0 saturated heterocycles. The van der Waals surface area contributed by atoms with Crippen molar-refractivity contribution < 1.29 is 163 Å². The highest BCUT2D eigenvalue weighted by molar-refractivity contribution is 5.97. The number of unbranched alkanes of at least 4 members (excludes halogenated alkanes) is 3. The van der Waals surface area contributed by atoms with E-state index in [1.165, 1.54) is 79.3 Å². The zero-order valence-corrected chi connectivity index (χ0v) is 76.8. The van der Waals surface area contributed by atoms with E-state index < -0.39 is 66.2 Å². The third kappa shape index (κ3) is 41.4. The Balaban J connectivity index is 0.000000257. The predicted octanol–water partition coefficient (Wildman–Crippen LogP) is 19.3. The second-order valence-electron chi connectivity index (χ2n) is 28.7. The van der Waals surface area contributed by atoms with Crippen molar-refractivity contribution in [3.63, 3.8) is 0 Å². The molecule has 140 heavy (non-hydrogen) atoms. The topological polar surface area (TPSA) is 403 Å². The van der Waals surface area contributed by atoms with Crippen molar-refractivity contribution in [1.29, 1.82) is 0 Å². The number of benzene rings is 10. The molecule has 0 bridgehead atoms. The highest BCUT2D eigenvalue weighted by Crippen LogP contribution is 2.31. The van der Waals surface area contributed by atoms with Crippen molar-refractivity contribution >= 4 is 70.8 Å². The standard InChI is InChI=1S/C38H38O10.C35H38O10.C33H28O14/c1-3-21-46-47-24-6-5-22-42-32-17-19-33(20-18-32)44-27-45-35-16-13-29-25-31(10-9-30(29)26-35)38(41)48-34-14-11-28(12-15-34)36(39)8-7-23-43-37(40)4-2;1-4-20-43-44-24-9-8-22-39-30-14-16-31(17-15-30)41-26-42-33-19-18-32(25-27(33)3)45-35(37)28-10-12-29(13-11-28)38-21-6-7-23-40-34(36)5-2;1-4-28(34)40-16-18-42-32(38)45-24-10-6-22(7-11-24)30(36)44-26-14-15-27(21(3)20-26)47-31(37)23-8-12-25(13-9-23)46-33(39)43-19-17-41-29(35)5-2/h4,9-21,25-26,36,39H,1-2,5-8,22-24,27H2;5,10-20,25H,1-2,6-9,21-24,26H2,3H3;4-15,20H,1-2,16-19H2,3H3. The van der Waals surface area contributed by atoms with E-state index >= 15 is 0 Å². The maximum atomic E-state index is 12.8. The number of carbonyl (C=O) groups is 10. The number of carbonyl (C=O) groups excluding carboxylic acids is 10. The number of hydrogen-bond acceptors (Lipinski definition) is 34. The molecule has 0 fully saturated rings. The van der Waals surface area contributed by atoms with E-state index in [4.69, 9.17) is 100 Å². The van der Waals surface area contributed by atoms with Gasteiger partial charge in [0, 0.05) is 24.3 Å². The number of fused-ring (bicyclic) bond motifs is 1. The van der Waals surface area contributed by atoms with Crippen LogP contribution in [0.3, 0.4) is 0 Å². The Hall–Kier alpha value is -17.2. The zero-order valence-electron chi connectivity index (χ0n) is 76.8. The van der Waals surface area contributed by atoms with Crippen molar-refractivity contribution in [3.05, 3.63) is 345 Å². The van der Waals surface area contributed by atoms with Crippen molar-refractivity contribution in [2.45, 2.75) is 71.3 Å². The summed E-state index contributed by atoms with van der Waals surface area (Å²) >= 11 is 0. The van der Waals surface area contributed by atoms with E-state index in [0.717, 1.165) is 77.8 Å². The lowest BCUT2D eigenvalue weighted by molar-refractivity contribution is -0.249. The number of ether oxygens (including phenoxy) is 19. The van der Waals surface area contributed by atoms with Crippen molar-refractivity contribution in [1.82, 2.24) is 0 Å². The Kier molecular flexibility index (Phi) is 47.7. The van der Waals surface area contributed by atoms with Gasteiger partial charge in [-0.05, 0) is 287 Å². The maximum Gasteiger partial charge on any atom is 0.513 e. The Bertz CT molecular complexity index is 5820. The fourth-order valence-corrected chi connectivity index (χ4v) is 11.4. The first-order chi connectivity index (χ1) is 68.0. The summed E-state index contributed by atoms with van der Waals surface area (Å²) in [7, 11) is 0. The summed E-state index contributed by atoms with van der Waals surface area (Å²) in [6.07, 6.45) is 9.40. The van der Waals surface area contributed by atoms with Crippen molar-refractivity contribution in [2.24, 2.45) is 0 Å². The molecule has 1 N–H and O–H groups in total. The molecule has 34 nitrogen and oxygen atoms in total. The molecule has 0 aliphatic heterocycles. The lowest BCUT2D eigenvalue weighted by Gasteiger charge is -2.12. The van der Waals surface area contributed by atoms with Gasteiger partial charge in [-0.2, -0.15) is 9.78 Å². The number of aliphatic hydroxyl groups is 1. The van der Waals surface area contributed by atoms with E-state index in [-0.39, 0.29) is 80.7 Å². The molecule has 0 spiro atoms. The molecule has 0 heterocycles. The summed E-state index contributed by atoms with van der Waals surface area (Å²) in [5.74, 6) is 1.30. The van der Waals surface area contributed by atoms with E-state index in [2.05, 4.69) is 60.4 Å². The normalized spacial score (nSPS) is 10.4. The summed E-state index contributed by atoms with van der Waals surface area (Å²) in [5, 5.41) is 12.1. The van der Waals surface area contributed by atoms with Gasteiger partial charge in [0.25, 0.3) is 0 Å². The molecule has 34 heteroatoms. The van der Waals surface area contributed by atoms with Crippen LogP contribution in [0.25, 0.3) is 10.8 Å². The van der Waals surface area contributed by atoms with Gasteiger partial charge in [-0.3, -0.25) is 0 Å². The van der Waals surface area contributed by atoms with Gasteiger partial charge in [-0.1, -0.05) is 75.2 Å². The minimum Gasteiger partial charge on any atom is -0.494 e. The largest absolute Gasteiger partial charge is 0.513 e. The Morgan fingerprint density at radius 3 is 1.05 bits per heavy atom. The molecule has 0 saturated carbocycles. The smallest absolute Gasteiger partial charge is 0.494 e. The van der Waals surface area contributed by atoms with Crippen LogP contribution in [0.15, 0.2) is 306 Å². The Labute approximate surface area is 806 Å². The first kappa shape index (κ1) is 108. The average molecular weight is 1920 g/mol. The van der Waals surface area contributed by atoms with Gasteiger partial charge in [-0.25, -0.2) is 47.9 Å². The first-order valence-corrected chi connectivity index (χ1v) is 43.4. The molecule has 0 aromatic heterocycles. The Morgan fingerprint density at radius 2 is 0.607 bits per heavy atom. The van der Waals surface area contributed by atoms with Crippen molar-refractivity contribution in [2.75, 3.05) is 86.3 Å². The first-order valence-electron chi connectivity index (χ1n) is 43.4. The van der Waals surface area contributed by atoms with Gasteiger partial charge in [-0.15, -0.1) is 0 Å². The van der Waals surface area contributed by atoms with Crippen LogP contribution < -0.4 is 61.6 Å². The molecule has 1 unspecified atom stereocenters. The number of hydrogen-bond donors (Lipinski definition) is 1. The van der Waals surface area contributed by atoms with Gasteiger partial charge in [0.15, 0.2) is 12.5 Å². The number of rotatable bonds is 55. The van der Waals surface area contributed by atoms with E-state index in [0.29, 0.717) is 128 Å². The SMILES string of the molecule is C=C=COOCCCCOc1ccc(OCOc2ccc(OC(=O)c3ccc(OCCCCOC(=O)C=C)cc3)cc2C)cc1.C=C=COOCCCCOc1ccc(OCOc2ccc3cc(C(=O)Oc4ccc(C(O)CCCOC(=O)C=C)cc4)ccc3c2)cc1.C=CC(=O)OCCOC(=O)Oc1ccc(C(=O)Oc2ccc(OC(=O)c3ccc(OC(=O)OCCOC(=O)C=C)cc3)c(C)c2)cc1. The van der Waals surface area contributed by atoms with Crippen LogP contribution in [0.4, 0.5) is 9.59 Å². The number of aliphatic hydroxyl groups excluding tert-OH is 1. The second kappa shape index (κ2) is 61.7. The molecule has 0 amide bonds. The molecular weight excluding hydrogens is 1820 g/mol. The van der Waals surface area contributed by atoms with E-state index in [1.807, 2.05) is 61.5 Å². The third-order valence-corrected chi connectivity index (χ3v) is 18.5. The lowest BCUT2D eigenvalue weighted by Crippen LogP contribution is -2.16. The molecule has 0 aliphatic rings. The molecule has 732 valence electrons. The van der Waals surface area contributed by atoms with Crippen LogP contribution in [0.2, 0.25) is 0 Å². The maximum absolute atomic E-state index is 12.8. The molecule has 10 rings (SSSR count). The molecule has 10 aromatic carbocycles. The molecule has 0 radical (unpaired) electrons. The van der Waals surface area contributed by atoms with Crippen LogP contribution in [-0.4, -0.2) is 151 Å². The number of aryl methyl sites for hydroxylation is 2. The highest BCUT2D eigenvalue weighted by Gasteiger charge is 2.20. The van der Waals surface area contributed by atoms with Crippen LogP contribution in [0, 0.1) is 13.8 Å². The molecular formula is C106H104O34. The van der Waals surface area contributed by atoms with Crippen LogP contribution in [0.5, 0.6) is 74.7 Å². The summed E-state index contributed by atoms with van der Waals surface area (Å²) < 4.78 is 101. The average Bonchev–Trinajstić information content (AvgIpc) is 1.55. The minimum atomic E-state index is -1.03. The summed E-state index contributed by atoms with van der Waals surface area (Å²) in [5.41, 5.74) is 7.94. The number of esters is 8. The quantitative estimate of drug-likeness (QED) is 0.00316. The molecule has 0 aliphatic carbocycles. The third-order valence-electron chi connectivity index (χ3n) is 18.5. The van der Waals surface area contributed by atoms with Gasteiger partial charge < -0.3 is 105 Å². The van der Waals surface area contributed by atoms with Crippen LogP contribution >= 0.6 is 0 Å². The van der Waals surface area contributed by atoms with Crippen molar-refractivity contribution in [3.8, 4) is 74.7 Å². The summed E-state index contributed by atoms with van der Waals surface area (Å²) in [4.78, 5) is 137. The monoisotopic (exact) mass is 1920 g/mol.